The number of carbonyl (C=O) groups excluding carboxylic acids is 2. The Hall–Kier alpha value is -2.56. The summed E-state index contributed by atoms with van der Waals surface area (Å²) in [5.41, 5.74) is 4.87. The van der Waals surface area contributed by atoms with Crippen molar-refractivity contribution in [1.82, 2.24) is 15.2 Å². The van der Waals surface area contributed by atoms with Crippen LogP contribution in [0.2, 0.25) is 0 Å². The van der Waals surface area contributed by atoms with Gasteiger partial charge in [-0.25, -0.2) is 0 Å². The van der Waals surface area contributed by atoms with Gasteiger partial charge in [-0.2, -0.15) is 0 Å². The van der Waals surface area contributed by atoms with Crippen LogP contribution in [0.5, 0.6) is 0 Å². The Labute approximate surface area is 154 Å². The van der Waals surface area contributed by atoms with Gasteiger partial charge in [-0.1, -0.05) is 29.8 Å². The summed E-state index contributed by atoms with van der Waals surface area (Å²) in [6.45, 7) is 7.64. The van der Waals surface area contributed by atoms with Gasteiger partial charge in [-0.05, 0) is 50.8 Å². The van der Waals surface area contributed by atoms with Gasteiger partial charge in [0.05, 0.1) is 5.92 Å². The molecule has 0 spiro atoms. The monoisotopic (exact) mass is 353 g/mol. The third-order valence-electron chi connectivity index (χ3n) is 5.03. The van der Waals surface area contributed by atoms with E-state index in [1.54, 1.807) is 4.90 Å². The summed E-state index contributed by atoms with van der Waals surface area (Å²) in [5, 5.41) is 3.02. The molecule has 2 N–H and O–H groups in total. The highest BCUT2D eigenvalue weighted by Crippen LogP contribution is 2.20. The largest absolute Gasteiger partial charge is 0.354 e. The lowest BCUT2D eigenvalue weighted by Gasteiger charge is -2.32. The van der Waals surface area contributed by atoms with E-state index in [4.69, 9.17) is 0 Å². The Morgan fingerprint density at radius 3 is 2.58 bits per heavy atom. The van der Waals surface area contributed by atoms with Crippen LogP contribution in [-0.2, 0) is 11.3 Å². The molecular weight excluding hydrogens is 326 g/mol. The van der Waals surface area contributed by atoms with Crippen LogP contribution >= 0.6 is 0 Å². The van der Waals surface area contributed by atoms with Crippen LogP contribution in [0.1, 0.15) is 45.7 Å². The van der Waals surface area contributed by atoms with E-state index in [9.17, 15) is 9.59 Å². The van der Waals surface area contributed by atoms with Gasteiger partial charge < -0.3 is 15.2 Å². The number of carbonyl (C=O) groups is 2. The molecule has 1 fully saturated rings. The first-order valence-electron chi connectivity index (χ1n) is 9.23. The first-order chi connectivity index (χ1) is 12.4. The first-order valence-corrected chi connectivity index (χ1v) is 9.23. The molecular formula is C21H27N3O2. The van der Waals surface area contributed by atoms with Gasteiger partial charge in [0.25, 0.3) is 5.91 Å². The van der Waals surface area contributed by atoms with Crippen LogP contribution in [-0.4, -0.2) is 34.8 Å². The Bertz CT molecular complexity index is 792. The molecule has 5 heteroatoms. The Kier molecular flexibility index (Phi) is 5.45. The molecule has 1 aromatic heterocycles. The lowest BCUT2D eigenvalue weighted by atomic mass is 9.96. The molecule has 0 unspecified atom stereocenters. The molecule has 1 saturated heterocycles. The number of nitrogens with one attached hydrogen (secondary N) is 2. The molecule has 1 aliphatic heterocycles. The highest BCUT2D eigenvalue weighted by molar-refractivity contribution is 5.94. The maximum absolute atomic E-state index is 12.8. The molecule has 1 aliphatic rings. The molecule has 5 nitrogen and oxygen atoms in total. The quantitative estimate of drug-likeness (QED) is 0.887. The van der Waals surface area contributed by atoms with Crippen LogP contribution in [0, 0.1) is 26.7 Å². The predicted molar refractivity (Wildman–Crippen MR) is 102 cm³/mol. The summed E-state index contributed by atoms with van der Waals surface area (Å²) in [6.07, 6.45) is 1.68. The highest BCUT2D eigenvalue weighted by Gasteiger charge is 2.29. The number of benzene rings is 1. The van der Waals surface area contributed by atoms with Gasteiger partial charge in [0.2, 0.25) is 5.91 Å². The van der Waals surface area contributed by atoms with Crippen molar-refractivity contribution >= 4 is 11.8 Å². The second-order valence-electron chi connectivity index (χ2n) is 7.30. The zero-order chi connectivity index (χ0) is 18.7. The number of nitrogens with zero attached hydrogens (tertiary/aromatic N) is 1. The molecule has 2 heterocycles. The Balaban J connectivity index is 1.58. The number of H-pyrrole nitrogens is 1. The van der Waals surface area contributed by atoms with Gasteiger partial charge in [0.1, 0.15) is 5.69 Å². The molecule has 2 amide bonds. The average molecular weight is 353 g/mol. The zero-order valence-electron chi connectivity index (χ0n) is 15.8. The van der Waals surface area contributed by atoms with E-state index in [0.29, 0.717) is 25.3 Å². The van der Waals surface area contributed by atoms with Gasteiger partial charge >= 0.3 is 0 Å². The molecule has 138 valence electrons. The van der Waals surface area contributed by atoms with E-state index < -0.39 is 0 Å². The smallest absolute Gasteiger partial charge is 0.270 e. The summed E-state index contributed by atoms with van der Waals surface area (Å²) in [7, 11) is 0. The van der Waals surface area contributed by atoms with Gasteiger partial charge in [0.15, 0.2) is 0 Å². The molecule has 0 bridgehead atoms. The topological polar surface area (TPSA) is 65.2 Å². The number of rotatable bonds is 4. The Morgan fingerprint density at radius 1 is 1.19 bits per heavy atom. The fraction of sp³-hybridized carbons (Fsp3) is 0.429. The molecule has 26 heavy (non-hydrogen) atoms. The number of amides is 2. The van der Waals surface area contributed by atoms with Crippen molar-refractivity contribution in [3.63, 3.8) is 0 Å². The van der Waals surface area contributed by atoms with Crippen LogP contribution < -0.4 is 5.32 Å². The van der Waals surface area contributed by atoms with E-state index in [1.165, 1.54) is 5.56 Å². The minimum absolute atomic E-state index is 0.00775. The fourth-order valence-electron chi connectivity index (χ4n) is 3.52. The number of hydrogen-bond donors (Lipinski definition) is 2. The van der Waals surface area contributed by atoms with Crippen molar-refractivity contribution < 1.29 is 9.59 Å². The van der Waals surface area contributed by atoms with E-state index in [2.05, 4.69) is 10.3 Å². The molecule has 1 atom stereocenters. The zero-order valence-corrected chi connectivity index (χ0v) is 15.8. The van der Waals surface area contributed by atoms with Crippen LogP contribution in [0.4, 0.5) is 0 Å². The average Bonchev–Trinajstić information content (AvgIpc) is 2.98. The van der Waals surface area contributed by atoms with E-state index >= 15 is 0 Å². The number of likely N-dealkylation sites (tertiary alicyclic amines) is 1. The van der Waals surface area contributed by atoms with Crippen LogP contribution in [0.3, 0.4) is 0 Å². The second-order valence-corrected chi connectivity index (χ2v) is 7.30. The lowest BCUT2D eigenvalue weighted by molar-refractivity contribution is -0.126. The highest BCUT2D eigenvalue weighted by atomic mass is 16.2. The maximum Gasteiger partial charge on any atom is 0.270 e. The molecule has 1 aromatic carbocycles. The summed E-state index contributed by atoms with van der Waals surface area (Å²) >= 11 is 0. The van der Waals surface area contributed by atoms with E-state index in [1.807, 2.05) is 51.1 Å². The number of aromatic amines is 1. The van der Waals surface area contributed by atoms with Crippen LogP contribution in [0.25, 0.3) is 0 Å². The van der Waals surface area contributed by atoms with Crippen molar-refractivity contribution in [3.05, 3.63) is 58.4 Å². The molecule has 3 rings (SSSR count). The van der Waals surface area contributed by atoms with E-state index in [0.717, 1.165) is 29.7 Å². The molecule has 0 saturated carbocycles. The summed E-state index contributed by atoms with van der Waals surface area (Å²) in [4.78, 5) is 30.3. The third-order valence-corrected chi connectivity index (χ3v) is 5.03. The van der Waals surface area contributed by atoms with Crippen LogP contribution in [0.15, 0.2) is 30.3 Å². The van der Waals surface area contributed by atoms with Crippen molar-refractivity contribution in [2.75, 3.05) is 13.1 Å². The number of aryl methyl sites for hydroxylation is 3. The predicted octanol–water partition coefficient (Wildman–Crippen LogP) is 3.11. The second kappa shape index (κ2) is 7.77. The maximum atomic E-state index is 12.8. The number of piperidine rings is 1. The number of aromatic nitrogens is 1. The summed E-state index contributed by atoms with van der Waals surface area (Å²) in [5.74, 6) is -0.122. The van der Waals surface area contributed by atoms with Crippen molar-refractivity contribution in [1.29, 1.82) is 0 Å². The van der Waals surface area contributed by atoms with Crippen molar-refractivity contribution in [2.45, 2.75) is 40.2 Å². The molecule has 0 aliphatic carbocycles. The first kappa shape index (κ1) is 18.2. The minimum Gasteiger partial charge on any atom is -0.354 e. The lowest BCUT2D eigenvalue weighted by Crippen LogP contribution is -2.45. The van der Waals surface area contributed by atoms with Gasteiger partial charge in [-0.15, -0.1) is 0 Å². The third kappa shape index (κ3) is 4.15. The SMILES string of the molecule is Cc1ccc(CNC(=O)[C@H]2CCCN(C(=O)c3[nH]c(C)cc3C)C2)cc1. The van der Waals surface area contributed by atoms with E-state index in [-0.39, 0.29) is 17.7 Å². The van der Waals surface area contributed by atoms with Gasteiger partial charge in [-0.3, -0.25) is 9.59 Å². The normalized spacial score (nSPS) is 17.2. The Morgan fingerprint density at radius 2 is 1.92 bits per heavy atom. The standard InChI is InChI=1S/C21H27N3O2/c1-14-6-8-17(9-7-14)12-22-20(25)18-5-4-10-24(13-18)21(26)19-15(2)11-16(3)23-19/h6-9,11,18,23H,4-5,10,12-13H2,1-3H3,(H,22,25)/t18-/m0/s1. The van der Waals surface area contributed by atoms with Crippen molar-refractivity contribution in [2.24, 2.45) is 5.92 Å². The fourth-order valence-corrected chi connectivity index (χ4v) is 3.52. The van der Waals surface area contributed by atoms with Crippen molar-refractivity contribution in [3.8, 4) is 0 Å². The van der Waals surface area contributed by atoms with Gasteiger partial charge in [0, 0.05) is 25.3 Å². The molecule has 2 aromatic rings. The summed E-state index contributed by atoms with van der Waals surface area (Å²) < 4.78 is 0. The minimum atomic E-state index is -0.144. The summed E-state index contributed by atoms with van der Waals surface area (Å²) in [6, 6.07) is 10.1. The number of hydrogen-bond acceptors (Lipinski definition) is 2. The molecule has 0 radical (unpaired) electrons.